The van der Waals surface area contributed by atoms with Gasteiger partial charge < -0.3 is 15.6 Å². The van der Waals surface area contributed by atoms with Gasteiger partial charge in [0, 0.05) is 0 Å². The zero-order valence-electron chi connectivity index (χ0n) is 11.6. The third-order valence-electron chi connectivity index (χ3n) is 4.01. The summed E-state index contributed by atoms with van der Waals surface area (Å²) < 4.78 is 5.99. The lowest BCUT2D eigenvalue weighted by molar-refractivity contribution is -0.00486. The molecule has 106 valence electrons. The van der Waals surface area contributed by atoms with E-state index in [0.29, 0.717) is 12.7 Å². The number of aliphatic hydroxyl groups is 1. The van der Waals surface area contributed by atoms with Crippen LogP contribution in [0.4, 0.5) is 0 Å². The topological polar surface area (TPSA) is 55.5 Å². The van der Waals surface area contributed by atoms with Crippen LogP contribution in [0, 0.1) is 0 Å². The van der Waals surface area contributed by atoms with Gasteiger partial charge >= 0.3 is 0 Å². The van der Waals surface area contributed by atoms with E-state index >= 15 is 0 Å². The average Bonchev–Trinajstić information content (AvgIpc) is 2.74. The first-order valence-corrected chi connectivity index (χ1v) is 7.31. The molecule has 3 N–H and O–H groups in total. The molecule has 2 rings (SSSR count). The summed E-state index contributed by atoms with van der Waals surface area (Å²) in [7, 11) is 0. The minimum absolute atomic E-state index is 0.0935. The fourth-order valence-electron chi connectivity index (χ4n) is 2.67. The maximum absolute atomic E-state index is 9.62. The van der Waals surface area contributed by atoms with Crippen LogP contribution in [-0.2, 0) is 10.3 Å². The van der Waals surface area contributed by atoms with Crippen LogP contribution in [0.5, 0.6) is 0 Å². The normalized spacial score (nSPS) is 20.7. The standard InChI is InChI=1S/C16H25NO2/c17-16(12-18,14-8-4-3-5-9-14)13-19-15-10-6-1-2-7-11-15/h3-5,8-9,15,18H,1-2,6-7,10-13,17H2. The predicted molar refractivity (Wildman–Crippen MR) is 76.8 cm³/mol. The molecule has 1 atom stereocenters. The minimum atomic E-state index is -0.784. The third-order valence-corrected chi connectivity index (χ3v) is 4.01. The van der Waals surface area contributed by atoms with Gasteiger partial charge in [-0.1, -0.05) is 56.0 Å². The second kappa shape index (κ2) is 7.04. The quantitative estimate of drug-likeness (QED) is 0.803. The zero-order chi connectivity index (χ0) is 13.6. The molecule has 3 nitrogen and oxygen atoms in total. The van der Waals surface area contributed by atoms with Gasteiger partial charge in [0.05, 0.1) is 24.9 Å². The monoisotopic (exact) mass is 263 g/mol. The summed E-state index contributed by atoms with van der Waals surface area (Å²) in [4.78, 5) is 0. The molecule has 1 aliphatic rings. The van der Waals surface area contributed by atoms with Crippen molar-refractivity contribution in [2.24, 2.45) is 5.73 Å². The van der Waals surface area contributed by atoms with Crippen molar-refractivity contribution in [1.29, 1.82) is 0 Å². The summed E-state index contributed by atoms with van der Waals surface area (Å²) >= 11 is 0. The van der Waals surface area contributed by atoms with Crippen LogP contribution in [0.2, 0.25) is 0 Å². The van der Waals surface area contributed by atoms with Gasteiger partial charge in [-0.2, -0.15) is 0 Å². The molecule has 19 heavy (non-hydrogen) atoms. The van der Waals surface area contributed by atoms with Gasteiger partial charge in [-0.3, -0.25) is 0 Å². The minimum Gasteiger partial charge on any atom is -0.394 e. The molecule has 1 aromatic rings. The van der Waals surface area contributed by atoms with Crippen LogP contribution >= 0.6 is 0 Å². The SMILES string of the molecule is NC(CO)(COC1CCCCCC1)c1ccccc1. The summed E-state index contributed by atoms with van der Waals surface area (Å²) in [5.41, 5.74) is 6.45. The van der Waals surface area contributed by atoms with Crippen LogP contribution in [0.1, 0.15) is 44.1 Å². The maximum atomic E-state index is 9.62. The molecule has 0 saturated heterocycles. The van der Waals surface area contributed by atoms with E-state index in [2.05, 4.69) is 0 Å². The van der Waals surface area contributed by atoms with Crippen molar-refractivity contribution in [1.82, 2.24) is 0 Å². The molecular weight excluding hydrogens is 238 g/mol. The molecular formula is C16H25NO2. The Morgan fingerprint density at radius 3 is 2.32 bits per heavy atom. The number of hydrogen-bond donors (Lipinski definition) is 2. The smallest absolute Gasteiger partial charge is 0.0881 e. The Hall–Kier alpha value is -0.900. The molecule has 1 unspecified atom stereocenters. The Kier molecular flexibility index (Phi) is 5.37. The van der Waals surface area contributed by atoms with Crippen LogP contribution in [0.15, 0.2) is 30.3 Å². The first kappa shape index (κ1) is 14.5. The van der Waals surface area contributed by atoms with Crippen molar-refractivity contribution >= 4 is 0 Å². The van der Waals surface area contributed by atoms with E-state index < -0.39 is 5.54 Å². The molecule has 0 amide bonds. The van der Waals surface area contributed by atoms with Gasteiger partial charge in [-0.05, 0) is 18.4 Å². The van der Waals surface area contributed by atoms with Gasteiger partial charge in [0.1, 0.15) is 0 Å². The zero-order valence-corrected chi connectivity index (χ0v) is 11.6. The fourth-order valence-corrected chi connectivity index (χ4v) is 2.67. The van der Waals surface area contributed by atoms with Crippen LogP contribution < -0.4 is 5.73 Å². The summed E-state index contributed by atoms with van der Waals surface area (Å²) in [6, 6.07) is 9.74. The van der Waals surface area contributed by atoms with Gasteiger partial charge in [0.15, 0.2) is 0 Å². The van der Waals surface area contributed by atoms with E-state index in [1.165, 1.54) is 25.7 Å². The number of benzene rings is 1. The van der Waals surface area contributed by atoms with Crippen molar-refractivity contribution in [3.63, 3.8) is 0 Å². The molecule has 3 heteroatoms. The summed E-state index contributed by atoms with van der Waals surface area (Å²) in [6.45, 7) is 0.294. The lowest BCUT2D eigenvalue weighted by Crippen LogP contribution is -2.46. The Balaban J connectivity index is 1.94. The highest BCUT2D eigenvalue weighted by atomic mass is 16.5. The summed E-state index contributed by atoms with van der Waals surface area (Å²) in [6.07, 6.45) is 7.66. The molecule has 0 aromatic heterocycles. The Morgan fingerprint density at radius 1 is 1.11 bits per heavy atom. The highest BCUT2D eigenvalue weighted by Crippen LogP contribution is 2.23. The van der Waals surface area contributed by atoms with Crippen molar-refractivity contribution in [2.45, 2.75) is 50.2 Å². The van der Waals surface area contributed by atoms with Gasteiger partial charge in [0.2, 0.25) is 0 Å². The average molecular weight is 263 g/mol. The second-order valence-electron chi connectivity index (χ2n) is 5.60. The van der Waals surface area contributed by atoms with Crippen molar-refractivity contribution < 1.29 is 9.84 Å². The van der Waals surface area contributed by atoms with Crippen LogP contribution in [-0.4, -0.2) is 24.4 Å². The first-order chi connectivity index (χ1) is 9.24. The molecule has 0 spiro atoms. The highest BCUT2D eigenvalue weighted by molar-refractivity contribution is 5.24. The van der Waals surface area contributed by atoms with E-state index in [1.54, 1.807) is 0 Å². The number of hydrogen-bond acceptors (Lipinski definition) is 3. The molecule has 1 aliphatic carbocycles. The van der Waals surface area contributed by atoms with Gasteiger partial charge in [-0.15, -0.1) is 0 Å². The molecule has 0 heterocycles. The molecule has 0 aliphatic heterocycles. The number of aliphatic hydroxyl groups excluding tert-OH is 1. The largest absolute Gasteiger partial charge is 0.394 e. The number of ether oxygens (including phenoxy) is 1. The number of nitrogens with two attached hydrogens (primary N) is 1. The first-order valence-electron chi connectivity index (χ1n) is 7.31. The molecule has 0 radical (unpaired) electrons. The van der Waals surface area contributed by atoms with Gasteiger partial charge in [0.25, 0.3) is 0 Å². The molecule has 1 saturated carbocycles. The van der Waals surface area contributed by atoms with Crippen molar-refractivity contribution in [3.8, 4) is 0 Å². The number of rotatable bonds is 5. The Bertz CT molecular complexity index is 360. The molecule has 1 aromatic carbocycles. The third kappa shape index (κ3) is 4.03. The van der Waals surface area contributed by atoms with E-state index in [-0.39, 0.29) is 6.61 Å². The van der Waals surface area contributed by atoms with Gasteiger partial charge in [-0.25, -0.2) is 0 Å². The highest BCUT2D eigenvalue weighted by Gasteiger charge is 2.28. The van der Waals surface area contributed by atoms with E-state index in [4.69, 9.17) is 10.5 Å². The Morgan fingerprint density at radius 2 is 1.74 bits per heavy atom. The van der Waals surface area contributed by atoms with Crippen molar-refractivity contribution in [3.05, 3.63) is 35.9 Å². The maximum Gasteiger partial charge on any atom is 0.0881 e. The molecule has 1 fully saturated rings. The fraction of sp³-hybridized carbons (Fsp3) is 0.625. The lowest BCUT2D eigenvalue weighted by atomic mass is 9.93. The van der Waals surface area contributed by atoms with Crippen molar-refractivity contribution in [2.75, 3.05) is 13.2 Å². The molecule has 0 bridgehead atoms. The lowest BCUT2D eigenvalue weighted by Gasteiger charge is -2.29. The van der Waals surface area contributed by atoms with E-state index in [1.807, 2.05) is 30.3 Å². The summed E-state index contributed by atoms with van der Waals surface area (Å²) in [5, 5.41) is 9.62. The van der Waals surface area contributed by atoms with E-state index in [9.17, 15) is 5.11 Å². The summed E-state index contributed by atoms with van der Waals surface area (Å²) in [5.74, 6) is 0. The Labute approximate surface area is 115 Å². The predicted octanol–water partition coefficient (Wildman–Crippen LogP) is 2.57. The second-order valence-corrected chi connectivity index (χ2v) is 5.60. The van der Waals surface area contributed by atoms with Crippen LogP contribution in [0.3, 0.4) is 0 Å². The van der Waals surface area contributed by atoms with E-state index in [0.717, 1.165) is 18.4 Å². The van der Waals surface area contributed by atoms with Crippen LogP contribution in [0.25, 0.3) is 0 Å².